The summed E-state index contributed by atoms with van der Waals surface area (Å²) in [5.41, 5.74) is 6.12. The Kier molecular flexibility index (Phi) is 14.1. The Morgan fingerprint density at radius 1 is 0.863 bits per heavy atom. The number of carbonyl (C=O) groups excluding carboxylic acids is 1. The van der Waals surface area contributed by atoms with Gasteiger partial charge in [-0.3, -0.25) is 14.8 Å². The molecule has 5 rings (SSSR count). The van der Waals surface area contributed by atoms with Gasteiger partial charge in [0.15, 0.2) is 11.4 Å². The van der Waals surface area contributed by atoms with Crippen molar-refractivity contribution in [3.8, 4) is 22.5 Å². The number of allylic oxidation sites excluding steroid dienone is 2. The van der Waals surface area contributed by atoms with E-state index < -0.39 is 0 Å². The minimum absolute atomic E-state index is 0. The van der Waals surface area contributed by atoms with Crippen molar-refractivity contribution >= 4 is 27.5 Å². The van der Waals surface area contributed by atoms with Gasteiger partial charge in [0.2, 0.25) is 0 Å². The first-order chi connectivity index (χ1) is 23.6. The maximum atomic E-state index is 12.2. The molecule has 3 aromatic heterocycles. The fraction of sp³-hybridized carbons (Fsp3) is 0.455. The van der Waals surface area contributed by atoms with Crippen molar-refractivity contribution in [1.29, 1.82) is 0 Å². The summed E-state index contributed by atoms with van der Waals surface area (Å²) in [6, 6.07) is 18.2. The summed E-state index contributed by atoms with van der Waals surface area (Å²) >= 11 is 0. The van der Waals surface area contributed by atoms with Crippen LogP contribution in [0.5, 0.6) is 0 Å². The molecule has 7 heteroatoms. The minimum Gasteiger partial charge on any atom is -0.512 e. The van der Waals surface area contributed by atoms with E-state index in [1.807, 2.05) is 59.9 Å². The van der Waals surface area contributed by atoms with Crippen molar-refractivity contribution in [1.82, 2.24) is 15.0 Å². The first-order valence-electron chi connectivity index (χ1n) is 18.2. The second-order valence-corrected chi connectivity index (χ2v) is 15.5. The van der Waals surface area contributed by atoms with E-state index >= 15 is 0 Å². The molecular weight excluding hydrogens is 811 g/mol. The quantitative estimate of drug-likeness (QED) is 0.0808. The summed E-state index contributed by atoms with van der Waals surface area (Å²) in [6.07, 6.45) is 10.9. The monoisotopic (exact) mass is 867 g/mol. The zero-order chi connectivity index (χ0) is 36.9. The van der Waals surface area contributed by atoms with E-state index in [0.717, 1.165) is 76.7 Å². The number of aliphatic hydroxyl groups is 1. The van der Waals surface area contributed by atoms with Gasteiger partial charge in [0, 0.05) is 59.9 Å². The van der Waals surface area contributed by atoms with Crippen molar-refractivity contribution in [3.63, 3.8) is 0 Å². The second kappa shape index (κ2) is 17.2. The topological polar surface area (TPSA) is 89.1 Å². The SMILES string of the molecule is CC(C)Cc1nccc2c(-c3cc(-c4[c-]c5ccccc5c(C(C)(C)C)c4)ncn3)coc12.CCC(C)(CC)C(=O)/C=C(\O)C(C)(CC)CC.[Ir]. The number of pyridine rings is 1. The van der Waals surface area contributed by atoms with Crippen molar-refractivity contribution in [2.45, 2.75) is 114 Å². The molecule has 0 fully saturated rings. The van der Waals surface area contributed by atoms with Gasteiger partial charge >= 0.3 is 0 Å². The number of aliphatic hydroxyl groups excluding tert-OH is 1. The van der Waals surface area contributed by atoms with Gasteiger partial charge in [-0.05, 0) is 55.6 Å². The first kappa shape index (κ1) is 41.7. The largest absolute Gasteiger partial charge is 0.512 e. The Hall–Kier alpha value is -3.67. The molecule has 0 spiro atoms. The van der Waals surface area contributed by atoms with Crippen molar-refractivity contribution in [2.24, 2.45) is 16.7 Å². The molecule has 1 radical (unpaired) electrons. The van der Waals surface area contributed by atoms with Crippen LogP contribution in [0.25, 0.3) is 44.3 Å². The molecule has 0 aliphatic heterocycles. The molecule has 0 bridgehead atoms. The molecule has 3 heterocycles. The van der Waals surface area contributed by atoms with Gasteiger partial charge in [-0.25, -0.2) is 4.98 Å². The van der Waals surface area contributed by atoms with Crippen LogP contribution in [0.1, 0.15) is 113 Å². The molecule has 0 saturated carbocycles. The maximum Gasteiger partial charge on any atom is 0.164 e. The Balaban J connectivity index is 0.000000335. The molecule has 5 aromatic rings. The predicted molar refractivity (Wildman–Crippen MR) is 207 cm³/mol. The smallest absolute Gasteiger partial charge is 0.164 e. The third kappa shape index (κ3) is 9.42. The number of furan rings is 1. The Morgan fingerprint density at radius 2 is 1.49 bits per heavy atom. The molecule has 0 atom stereocenters. The third-order valence-electron chi connectivity index (χ3n) is 10.6. The number of carbonyl (C=O) groups is 1. The summed E-state index contributed by atoms with van der Waals surface area (Å²) in [6.45, 7) is 23.2. The zero-order valence-corrected chi connectivity index (χ0v) is 34.8. The van der Waals surface area contributed by atoms with Crippen LogP contribution in [-0.2, 0) is 36.7 Å². The van der Waals surface area contributed by atoms with Gasteiger partial charge in [0.1, 0.15) is 18.3 Å². The molecule has 0 aliphatic carbocycles. The summed E-state index contributed by atoms with van der Waals surface area (Å²) < 4.78 is 5.97. The van der Waals surface area contributed by atoms with Gasteiger partial charge in [0.05, 0.1) is 11.4 Å². The predicted octanol–water partition coefficient (Wildman–Crippen LogP) is 12.0. The van der Waals surface area contributed by atoms with E-state index in [-0.39, 0.29) is 47.9 Å². The minimum atomic E-state index is -0.337. The fourth-order valence-electron chi connectivity index (χ4n) is 6.07. The number of ketones is 1. The number of hydrogen-bond acceptors (Lipinski definition) is 6. The normalized spacial score (nSPS) is 12.5. The van der Waals surface area contributed by atoms with Gasteiger partial charge in [-0.2, -0.15) is 0 Å². The van der Waals surface area contributed by atoms with Crippen LogP contribution < -0.4 is 0 Å². The summed E-state index contributed by atoms with van der Waals surface area (Å²) in [5.74, 6) is 0.788. The number of fused-ring (bicyclic) bond motifs is 2. The van der Waals surface area contributed by atoms with Crippen LogP contribution in [0.4, 0.5) is 0 Å². The molecular formula is C44H56IrN3O3-. The second-order valence-electron chi connectivity index (χ2n) is 15.5. The average Bonchev–Trinajstić information content (AvgIpc) is 3.55. The van der Waals surface area contributed by atoms with Gasteiger partial charge in [-0.1, -0.05) is 105 Å². The summed E-state index contributed by atoms with van der Waals surface area (Å²) in [7, 11) is 0. The number of aromatic nitrogens is 3. The van der Waals surface area contributed by atoms with E-state index in [4.69, 9.17) is 4.42 Å². The first-order valence-corrected chi connectivity index (χ1v) is 18.2. The number of benzene rings is 2. The Morgan fingerprint density at radius 3 is 2.10 bits per heavy atom. The molecule has 6 nitrogen and oxygen atoms in total. The third-order valence-corrected chi connectivity index (χ3v) is 10.6. The number of hydrogen-bond donors (Lipinski definition) is 1. The molecule has 51 heavy (non-hydrogen) atoms. The van der Waals surface area contributed by atoms with Crippen LogP contribution in [-0.4, -0.2) is 25.8 Å². The molecule has 2 aromatic carbocycles. The molecule has 0 saturated heterocycles. The molecule has 0 amide bonds. The van der Waals surface area contributed by atoms with E-state index in [0.29, 0.717) is 5.92 Å². The van der Waals surface area contributed by atoms with Gasteiger partial charge < -0.3 is 9.52 Å². The van der Waals surface area contributed by atoms with E-state index in [1.165, 1.54) is 17.0 Å². The van der Waals surface area contributed by atoms with Gasteiger partial charge in [0.25, 0.3) is 0 Å². The van der Waals surface area contributed by atoms with Crippen LogP contribution in [0, 0.1) is 22.8 Å². The van der Waals surface area contributed by atoms with Crippen molar-refractivity contribution in [3.05, 3.63) is 90.4 Å². The van der Waals surface area contributed by atoms with E-state index in [1.54, 1.807) is 12.6 Å². The van der Waals surface area contributed by atoms with Crippen LogP contribution in [0.3, 0.4) is 0 Å². The Bertz CT molecular complexity index is 1960. The van der Waals surface area contributed by atoms with Crippen LogP contribution in [0.15, 0.2) is 77.5 Å². The molecule has 275 valence electrons. The number of rotatable bonds is 11. The van der Waals surface area contributed by atoms with E-state index in [2.05, 4.69) is 86.0 Å². The summed E-state index contributed by atoms with van der Waals surface area (Å²) in [5, 5.41) is 13.5. The van der Waals surface area contributed by atoms with Crippen LogP contribution >= 0.6 is 0 Å². The molecule has 0 aliphatic rings. The van der Waals surface area contributed by atoms with Gasteiger partial charge in [-0.15, -0.1) is 29.1 Å². The standard InChI is InChI=1S/C29H28N3O.C15H28O2.Ir/c1-18(2)12-27-28-22(10-11-30-27)23(16-33-28)26-15-25(31-17-32-26)20-13-19-8-6-7-9-21(19)24(14-20)29(3,4)5;1-7-14(5,8-2)12(16)11-13(17)15(6,9-3)10-4;/h6-11,14-18H,12H2,1-5H3;11,16H,7-10H2,1-6H3;/q-1;;/b;12-11-;. The molecule has 1 N–H and O–H groups in total. The van der Waals surface area contributed by atoms with Crippen LogP contribution in [0.2, 0.25) is 0 Å². The molecule has 0 unspecified atom stereocenters. The Labute approximate surface area is 319 Å². The zero-order valence-electron chi connectivity index (χ0n) is 32.4. The fourth-order valence-corrected chi connectivity index (χ4v) is 6.07. The summed E-state index contributed by atoms with van der Waals surface area (Å²) in [4.78, 5) is 25.9. The number of nitrogens with zero attached hydrogens (tertiary/aromatic N) is 3. The van der Waals surface area contributed by atoms with E-state index in [9.17, 15) is 9.90 Å². The average molecular weight is 867 g/mol. The maximum absolute atomic E-state index is 12.2. The van der Waals surface area contributed by atoms with Crippen molar-refractivity contribution < 1.29 is 34.4 Å². The van der Waals surface area contributed by atoms with Crippen molar-refractivity contribution in [2.75, 3.05) is 0 Å².